The molecule has 3 atom stereocenters. The number of rotatable bonds is 5. The number of sulfonamides is 1. The minimum absolute atomic E-state index is 0.179. The molecule has 1 saturated carbocycles. The molecule has 140 valence electrons. The second-order valence-corrected chi connectivity index (χ2v) is 8.67. The molecule has 1 aromatic heterocycles. The van der Waals surface area contributed by atoms with Gasteiger partial charge < -0.3 is 13.9 Å². The Morgan fingerprint density at radius 2 is 2.04 bits per heavy atom. The Hall–Kier alpha value is -1.97. The Morgan fingerprint density at radius 1 is 1.23 bits per heavy atom. The Morgan fingerprint density at radius 3 is 2.81 bits per heavy atom. The van der Waals surface area contributed by atoms with Crippen LogP contribution < -0.4 is 4.74 Å². The van der Waals surface area contributed by atoms with E-state index in [1.54, 1.807) is 7.11 Å². The van der Waals surface area contributed by atoms with Crippen molar-refractivity contribution in [2.45, 2.75) is 24.4 Å². The molecule has 4 rings (SSSR count). The molecule has 0 N–H and O–H groups in total. The fourth-order valence-electron chi connectivity index (χ4n) is 3.31. The first-order valence-electron chi connectivity index (χ1n) is 8.49. The van der Waals surface area contributed by atoms with Crippen molar-refractivity contribution in [3.63, 3.8) is 0 Å². The number of hydrogen-bond donors (Lipinski definition) is 0. The van der Waals surface area contributed by atoms with Crippen molar-refractivity contribution < 1.29 is 22.3 Å². The average molecular weight is 379 g/mol. The molecule has 0 unspecified atom stereocenters. The number of benzene rings is 1. The summed E-state index contributed by atoms with van der Waals surface area (Å²) in [7, 11) is -1.61. The maximum absolute atomic E-state index is 11.7. The van der Waals surface area contributed by atoms with Crippen LogP contribution in [-0.2, 0) is 14.8 Å². The summed E-state index contributed by atoms with van der Waals surface area (Å²) in [4.78, 5) is 0. The van der Waals surface area contributed by atoms with E-state index in [0.29, 0.717) is 30.9 Å². The van der Waals surface area contributed by atoms with E-state index in [4.69, 9.17) is 13.9 Å². The van der Waals surface area contributed by atoms with Gasteiger partial charge in [0, 0.05) is 19.0 Å². The molecule has 1 saturated heterocycles. The highest BCUT2D eigenvalue weighted by Crippen LogP contribution is 2.54. The topological polar surface area (TPSA) is 94.8 Å². The third-order valence-corrected chi connectivity index (χ3v) is 6.13. The minimum Gasteiger partial charge on any atom is -0.497 e. The lowest BCUT2D eigenvalue weighted by atomic mass is 10.1. The summed E-state index contributed by atoms with van der Waals surface area (Å²) in [6, 6.07) is 7.98. The normalized spacial score (nSPS) is 26.6. The number of methoxy groups -OCH3 is 1. The molecule has 9 heteroatoms. The van der Waals surface area contributed by atoms with Crippen molar-refractivity contribution in [1.82, 2.24) is 14.5 Å². The summed E-state index contributed by atoms with van der Waals surface area (Å²) in [5, 5.41) is 8.25. The van der Waals surface area contributed by atoms with Crippen LogP contribution in [0.4, 0.5) is 0 Å². The van der Waals surface area contributed by atoms with Gasteiger partial charge in [-0.1, -0.05) is 12.1 Å². The van der Waals surface area contributed by atoms with Crippen molar-refractivity contribution in [2.75, 3.05) is 33.1 Å². The molecule has 8 nitrogen and oxygen atoms in total. The zero-order valence-corrected chi connectivity index (χ0v) is 15.5. The Balaban J connectivity index is 1.46. The van der Waals surface area contributed by atoms with Gasteiger partial charge in [0.2, 0.25) is 21.8 Å². The zero-order valence-electron chi connectivity index (χ0n) is 14.7. The molecule has 1 aliphatic carbocycles. The summed E-state index contributed by atoms with van der Waals surface area (Å²) >= 11 is 0. The van der Waals surface area contributed by atoms with Crippen molar-refractivity contribution >= 4 is 10.0 Å². The van der Waals surface area contributed by atoms with E-state index in [-0.39, 0.29) is 12.5 Å². The highest BCUT2D eigenvalue weighted by molar-refractivity contribution is 7.88. The van der Waals surface area contributed by atoms with E-state index < -0.39 is 16.1 Å². The maximum Gasteiger partial charge on any atom is 0.246 e. The van der Waals surface area contributed by atoms with Crippen LogP contribution in [0, 0.1) is 0 Å². The van der Waals surface area contributed by atoms with Crippen LogP contribution in [-0.4, -0.2) is 56.0 Å². The highest BCUT2D eigenvalue weighted by Gasteiger charge is 2.44. The third kappa shape index (κ3) is 3.46. The van der Waals surface area contributed by atoms with Crippen LogP contribution in [0.2, 0.25) is 0 Å². The monoisotopic (exact) mass is 379 g/mol. The fourth-order valence-corrected chi connectivity index (χ4v) is 4.12. The molecule has 0 radical (unpaired) electrons. The predicted octanol–water partition coefficient (Wildman–Crippen LogP) is 1.68. The number of ether oxygens (including phenoxy) is 2. The van der Waals surface area contributed by atoms with E-state index in [9.17, 15) is 8.42 Å². The van der Waals surface area contributed by atoms with Gasteiger partial charge in [-0.25, -0.2) is 8.42 Å². The molecule has 2 aliphatic rings. The molecule has 1 aliphatic heterocycles. The first kappa shape index (κ1) is 17.4. The summed E-state index contributed by atoms with van der Waals surface area (Å²) in [6.07, 6.45) is 1.61. The van der Waals surface area contributed by atoms with Gasteiger partial charge in [-0.15, -0.1) is 10.2 Å². The van der Waals surface area contributed by atoms with Crippen LogP contribution in [0.15, 0.2) is 28.7 Å². The van der Waals surface area contributed by atoms with Crippen LogP contribution >= 0.6 is 0 Å². The molecule has 2 heterocycles. The number of hydrogen-bond acceptors (Lipinski definition) is 7. The quantitative estimate of drug-likeness (QED) is 0.780. The second-order valence-electron chi connectivity index (χ2n) is 6.68. The molecule has 2 aromatic rings. The fraction of sp³-hybridized carbons (Fsp3) is 0.529. The lowest BCUT2D eigenvalue weighted by Crippen LogP contribution is -2.41. The van der Waals surface area contributed by atoms with Gasteiger partial charge in [-0.05, 0) is 30.0 Å². The summed E-state index contributed by atoms with van der Waals surface area (Å²) in [6.45, 7) is 0.854. The van der Waals surface area contributed by atoms with Gasteiger partial charge in [-0.3, -0.25) is 0 Å². The Kier molecular flexibility index (Phi) is 4.45. The largest absolute Gasteiger partial charge is 0.497 e. The van der Waals surface area contributed by atoms with Crippen LogP contribution in [0.5, 0.6) is 5.75 Å². The van der Waals surface area contributed by atoms with E-state index in [2.05, 4.69) is 16.3 Å². The minimum atomic E-state index is -3.26. The van der Waals surface area contributed by atoms with Crippen LogP contribution in [0.25, 0.3) is 0 Å². The SMILES string of the molecule is COc1cccc([C@@H]2C[C@H]2c2nnc([C@@H]3CN(S(C)(=O)=O)CCO3)o2)c1. The lowest BCUT2D eigenvalue weighted by Gasteiger charge is -2.29. The Bertz CT molecular complexity index is 897. The number of nitrogens with zero attached hydrogens (tertiary/aromatic N) is 3. The third-order valence-electron chi connectivity index (χ3n) is 4.86. The van der Waals surface area contributed by atoms with Gasteiger partial charge in [0.25, 0.3) is 0 Å². The van der Waals surface area contributed by atoms with E-state index in [1.165, 1.54) is 16.1 Å². The molecule has 2 fully saturated rings. The average Bonchev–Trinajstić information content (AvgIpc) is 3.29. The van der Waals surface area contributed by atoms with Gasteiger partial charge >= 0.3 is 0 Å². The predicted molar refractivity (Wildman–Crippen MR) is 92.5 cm³/mol. The van der Waals surface area contributed by atoms with Crippen LogP contribution in [0.3, 0.4) is 0 Å². The summed E-state index contributed by atoms with van der Waals surface area (Å²) in [5.41, 5.74) is 1.19. The number of morpholine rings is 1. The van der Waals surface area contributed by atoms with Gasteiger partial charge in [0.1, 0.15) is 11.9 Å². The molecule has 26 heavy (non-hydrogen) atoms. The van der Waals surface area contributed by atoms with E-state index >= 15 is 0 Å². The van der Waals surface area contributed by atoms with Crippen molar-refractivity contribution in [1.29, 1.82) is 0 Å². The first-order chi connectivity index (χ1) is 12.5. The smallest absolute Gasteiger partial charge is 0.246 e. The lowest BCUT2D eigenvalue weighted by molar-refractivity contribution is -0.0176. The first-order valence-corrected chi connectivity index (χ1v) is 10.3. The Labute approximate surface area is 152 Å². The second kappa shape index (κ2) is 6.64. The molecule has 0 spiro atoms. The van der Waals surface area contributed by atoms with Crippen molar-refractivity contribution in [3.05, 3.63) is 41.6 Å². The molecular formula is C17H21N3O5S. The standard InChI is InChI=1S/C17H21N3O5S/c1-23-12-5-3-4-11(8-12)13-9-14(13)16-18-19-17(25-16)15-10-20(6-7-24-15)26(2,21)22/h3-5,8,13-15H,6-7,9-10H2,1-2H3/t13-,14+,15-/m0/s1. The maximum atomic E-state index is 11.7. The van der Waals surface area contributed by atoms with Gasteiger partial charge in [0.05, 0.1) is 20.0 Å². The molecule has 1 aromatic carbocycles. The van der Waals surface area contributed by atoms with Crippen LogP contribution in [0.1, 0.15) is 41.7 Å². The number of aromatic nitrogens is 2. The summed E-state index contributed by atoms with van der Waals surface area (Å²) in [5.74, 6) is 2.25. The molecule has 0 bridgehead atoms. The zero-order chi connectivity index (χ0) is 18.3. The summed E-state index contributed by atoms with van der Waals surface area (Å²) < 4.78 is 41.6. The van der Waals surface area contributed by atoms with Crippen molar-refractivity contribution in [2.24, 2.45) is 0 Å². The van der Waals surface area contributed by atoms with Crippen molar-refractivity contribution in [3.8, 4) is 5.75 Å². The highest BCUT2D eigenvalue weighted by atomic mass is 32.2. The van der Waals surface area contributed by atoms with Gasteiger partial charge in [-0.2, -0.15) is 4.31 Å². The van der Waals surface area contributed by atoms with Gasteiger partial charge in [0.15, 0.2) is 0 Å². The molecular weight excluding hydrogens is 358 g/mol. The van der Waals surface area contributed by atoms with E-state index in [0.717, 1.165) is 12.2 Å². The van der Waals surface area contributed by atoms with E-state index in [1.807, 2.05) is 18.2 Å². The molecule has 0 amide bonds.